The monoisotopic (exact) mass is 333 g/mol. The number of hydrogen-bond acceptors (Lipinski definition) is 2. The summed E-state index contributed by atoms with van der Waals surface area (Å²) >= 11 is 0. The van der Waals surface area contributed by atoms with Gasteiger partial charge in [-0.1, -0.05) is 30.3 Å². The van der Waals surface area contributed by atoms with Crippen LogP contribution in [0.25, 0.3) is 0 Å². The highest BCUT2D eigenvalue weighted by Gasteiger charge is 2.50. The molecule has 130 valence electrons. The topological polar surface area (TPSA) is 21.3 Å². The standard InChI is InChI=1S/C23H27NO/c1-2-4-21(5-3-1)25-22-8-6-17(7-9-22)16-24-23-13-18-10-19(14-23)12-20(11-18)15-23/h1-9,18-20,24H,10-16H2. The zero-order valence-corrected chi connectivity index (χ0v) is 14.8. The second-order valence-electron chi connectivity index (χ2n) is 8.61. The van der Waals surface area contributed by atoms with Crippen molar-refractivity contribution in [1.82, 2.24) is 5.32 Å². The van der Waals surface area contributed by atoms with Crippen LogP contribution in [0.5, 0.6) is 11.5 Å². The number of para-hydroxylation sites is 1. The molecule has 4 saturated carbocycles. The molecule has 4 aliphatic carbocycles. The van der Waals surface area contributed by atoms with Gasteiger partial charge >= 0.3 is 0 Å². The third kappa shape index (κ3) is 3.20. The van der Waals surface area contributed by atoms with Crippen molar-refractivity contribution in [2.24, 2.45) is 17.8 Å². The lowest BCUT2D eigenvalue weighted by Crippen LogP contribution is -2.58. The molecule has 4 aliphatic rings. The van der Waals surface area contributed by atoms with E-state index in [1.165, 1.54) is 44.1 Å². The molecular weight excluding hydrogens is 306 g/mol. The van der Waals surface area contributed by atoms with Crippen LogP contribution in [-0.2, 0) is 6.54 Å². The molecule has 0 saturated heterocycles. The Labute approximate surface area is 150 Å². The molecule has 2 aromatic rings. The minimum Gasteiger partial charge on any atom is -0.457 e. The van der Waals surface area contributed by atoms with Crippen molar-refractivity contribution in [3.63, 3.8) is 0 Å². The molecule has 1 N–H and O–H groups in total. The summed E-state index contributed by atoms with van der Waals surface area (Å²) in [4.78, 5) is 0. The molecule has 4 fully saturated rings. The summed E-state index contributed by atoms with van der Waals surface area (Å²) in [5.74, 6) is 4.80. The van der Waals surface area contributed by atoms with Crippen LogP contribution >= 0.6 is 0 Å². The van der Waals surface area contributed by atoms with E-state index in [1.807, 2.05) is 30.3 Å². The van der Waals surface area contributed by atoms with Gasteiger partial charge in [-0.2, -0.15) is 0 Å². The van der Waals surface area contributed by atoms with Gasteiger partial charge in [0.05, 0.1) is 0 Å². The number of rotatable bonds is 5. The molecule has 2 aromatic carbocycles. The van der Waals surface area contributed by atoms with Gasteiger partial charge < -0.3 is 10.1 Å². The Balaban J connectivity index is 1.22. The average Bonchev–Trinajstić information content (AvgIpc) is 2.61. The van der Waals surface area contributed by atoms with E-state index in [4.69, 9.17) is 4.74 Å². The van der Waals surface area contributed by atoms with Crippen LogP contribution in [0.1, 0.15) is 44.1 Å². The first-order valence-electron chi connectivity index (χ1n) is 9.83. The Morgan fingerprint density at radius 3 is 1.92 bits per heavy atom. The highest BCUT2D eigenvalue weighted by atomic mass is 16.5. The molecule has 0 spiro atoms. The van der Waals surface area contributed by atoms with Crippen molar-refractivity contribution in [3.8, 4) is 11.5 Å². The summed E-state index contributed by atoms with van der Waals surface area (Å²) in [6, 6.07) is 18.6. The molecule has 0 atom stereocenters. The van der Waals surface area contributed by atoms with Crippen molar-refractivity contribution >= 4 is 0 Å². The van der Waals surface area contributed by atoms with Crippen LogP contribution in [0.4, 0.5) is 0 Å². The third-order valence-corrected chi connectivity index (χ3v) is 6.61. The summed E-state index contributed by atoms with van der Waals surface area (Å²) in [6.45, 7) is 0.984. The summed E-state index contributed by atoms with van der Waals surface area (Å²) in [6.07, 6.45) is 8.75. The zero-order chi connectivity index (χ0) is 16.7. The van der Waals surface area contributed by atoms with Gasteiger partial charge in [0.25, 0.3) is 0 Å². The zero-order valence-electron chi connectivity index (χ0n) is 14.8. The first-order chi connectivity index (χ1) is 12.3. The van der Waals surface area contributed by atoms with Crippen molar-refractivity contribution in [3.05, 3.63) is 60.2 Å². The van der Waals surface area contributed by atoms with E-state index < -0.39 is 0 Å². The van der Waals surface area contributed by atoms with E-state index in [2.05, 4.69) is 29.6 Å². The van der Waals surface area contributed by atoms with E-state index in [9.17, 15) is 0 Å². The predicted octanol–water partition coefficient (Wildman–Crippen LogP) is 5.54. The highest BCUT2D eigenvalue weighted by Crippen LogP contribution is 2.55. The first kappa shape index (κ1) is 15.5. The van der Waals surface area contributed by atoms with E-state index in [0.717, 1.165) is 35.8 Å². The quantitative estimate of drug-likeness (QED) is 0.776. The molecule has 0 aliphatic heterocycles. The second-order valence-corrected chi connectivity index (χ2v) is 8.61. The van der Waals surface area contributed by atoms with Crippen LogP contribution in [-0.4, -0.2) is 5.54 Å². The molecular formula is C23H27NO. The lowest BCUT2D eigenvalue weighted by atomic mass is 9.53. The van der Waals surface area contributed by atoms with Gasteiger partial charge in [-0.25, -0.2) is 0 Å². The van der Waals surface area contributed by atoms with Gasteiger partial charge in [-0.3, -0.25) is 0 Å². The van der Waals surface area contributed by atoms with Crippen LogP contribution in [0.15, 0.2) is 54.6 Å². The molecule has 0 heterocycles. The Bertz CT molecular complexity index is 686. The normalized spacial score (nSPS) is 32.7. The van der Waals surface area contributed by atoms with E-state index in [1.54, 1.807) is 0 Å². The van der Waals surface area contributed by atoms with Crippen LogP contribution in [0.3, 0.4) is 0 Å². The van der Waals surface area contributed by atoms with Gasteiger partial charge in [0, 0.05) is 12.1 Å². The maximum absolute atomic E-state index is 5.89. The maximum Gasteiger partial charge on any atom is 0.127 e. The average molecular weight is 333 g/mol. The largest absolute Gasteiger partial charge is 0.457 e. The number of nitrogens with one attached hydrogen (secondary N) is 1. The van der Waals surface area contributed by atoms with Gasteiger partial charge in [-0.15, -0.1) is 0 Å². The Kier molecular flexibility index (Phi) is 3.82. The summed E-state index contributed by atoms with van der Waals surface area (Å²) in [7, 11) is 0. The minimum absolute atomic E-state index is 0.438. The van der Waals surface area contributed by atoms with Crippen molar-refractivity contribution in [2.45, 2.75) is 50.6 Å². The maximum atomic E-state index is 5.89. The van der Waals surface area contributed by atoms with E-state index in [0.29, 0.717) is 5.54 Å². The molecule has 2 nitrogen and oxygen atoms in total. The molecule has 4 bridgehead atoms. The predicted molar refractivity (Wildman–Crippen MR) is 101 cm³/mol. The molecule has 6 rings (SSSR count). The Morgan fingerprint density at radius 2 is 1.32 bits per heavy atom. The molecule has 0 amide bonds. The number of benzene rings is 2. The lowest BCUT2D eigenvalue weighted by molar-refractivity contribution is -0.0206. The van der Waals surface area contributed by atoms with Gasteiger partial charge in [0.1, 0.15) is 11.5 Å². The van der Waals surface area contributed by atoms with Crippen molar-refractivity contribution in [1.29, 1.82) is 0 Å². The second kappa shape index (κ2) is 6.17. The molecule has 0 unspecified atom stereocenters. The fourth-order valence-corrected chi connectivity index (χ4v) is 5.92. The number of ether oxygens (including phenoxy) is 1. The molecule has 0 radical (unpaired) electrons. The van der Waals surface area contributed by atoms with Gasteiger partial charge in [-0.05, 0) is 86.1 Å². The van der Waals surface area contributed by atoms with Crippen molar-refractivity contribution in [2.75, 3.05) is 0 Å². The SMILES string of the molecule is c1ccc(Oc2ccc(CNC34CC5CC(CC(C5)C3)C4)cc2)cc1. The minimum atomic E-state index is 0.438. The fraction of sp³-hybridized carbons (Fsp3) is 0.478. The van der Waals surface area contributed by atoms with E-state index in [-0.39, 0.29) is 0 Å². The van der Waals surface area contributed by atoms with Crippen LogP contribution < -0.4 is 10.1 Å². The fourth-order valence-electron chi connectivity index (χ4n) is 5.92. The Hall–Kier alpha value is -1.80. The smallest absolute Gasteiger partial charge is 0.127 e. The molecule has 25 heavy (non-hydrogen) atoms. The number of hydrogen-bond donors (Lipinski definition) is 1. The lowest BCUT2D eigenvalue weighted by Gasteiger charge is -2.57. The Morgan fingerprint density at radius 1 is 0.760 bits per heavy atom. The highest BCUT2D eigenvalue weighted by molar-refractivity contribution is 5.33. The first-order valence-corrected chi connectivity index (χ1v) is 9.83. The summed E-state index contributed by atoms with van der Waals surface area (Å²) < 4.78 is 5.89. The summed E-state index contributed by atoms with van der Waals surface area (Å²) in [5, 5.41) is 3.97. The van der Waals surface area contributed by atoms with Crippen molar-refractivity contribution < 1.29 is 4.74 Å². The molecule has 2 heteroatoms. The molecule has 0 aromatic heterocycles. The van der Waals surface area contributed by atoms with Crippen LogP contribution in [0, 0.1) is 17.8 Å². The summed E-state index contributed by atoms with van der Waals surface area (Å²) in [5.41, 5.74) is 1.80. The third-order valence-electron chi connectivity index (χ3n) is 6.61. The van der Waals surface area contributed by atoms with Gasteiger partial charge in [0.15, 0.2) is 0 Å². The van der Waals surface area contributed by atoms with Gasteiger partial charge in [0.2, 0.25) is 0 Å². The van der Waals surface area contributed by atoms with Crippen LogP contribution in [0.2, 0.25) is 0 Å². The van der Waals surface area contributed by atoms with E-state index >= 15 is 0 Å².